The van der Waals surface area contributed by atoms with E-state index in [-0.39, 0.29) is 17.8 Å². The number of benzene rings is 2. The van der Waals surface area contributed by atoms with Crippen molar-refractivity contribution in [2.24, 2.45) is 0 Å². The van der Waals surface area contributed by atoms with Gasteiger partial charge in [0.05, 0.1) is 11.8 Å². The highest BCUT2D eigenvalue weighted by atomic mass is 16.5. The number of anilines is 1. The molecular weight excluding hydrogens is 294 g/mol. The summed E-state index contributed by atoms with van der Waals surface area (Å²) >= 11 is 0. The molecule has 3 rings (SSSR count). The molecular formula is C18H19NO4. The number of nitrogens with one attached hydrogen (secondary N) is 1. The molecule has 2 N–H and O–H groups in total. The van der Waals surface area contributed by atoms with Crippen molar-refractivity contribution < 1.29 is 19.4 Å². The van der Waals surface area contributed by atoms with Crippen LogP contribution in [0.2, 0.25) is 0 Å². The number of phenolic OH excluding ortho intramolecular Hbond substituents is 1. The first-order chi connectivity index (χ1) is 11.2. The first-order valence-electron chi connectivity index (χ1n) is 7.66. The Bertz CT molecular complexity index is 663. The molecule has 0 spiro atoms. The molecule has 0 unspecified atom stereocenters. The lowest BCUT2D eigenvalue weighted by atomic mass is 10.2. The van der Waals surface area contributed by atoms with Gasteiger partial charge in [0.1, 0.15) is 18.1 Å². The van der Waals surface area contributed by atoms with Crippen LogP contribution in [0.25, 0.3) is 0 Å². The number of aromatic hydroxyl groups is 1. The van der Waals surface area contributed by atoms with Gasteiger partial charge >= 0.3 is 0 Å². The monoisotopic (exact) mass is 313 g/mol. The Labute approximate surface area is 134 Å². The van der Waals surface area contributed by atoms with Crippen LogP contribution in [0.15, 0.2) is 48.5 Å². The van der Waals surface area contributed by atoms with Gasteiger partial charge in [-0.1, -0.05) is 12.1 Å². The molecule has 2 aromatic rings. The van der Waals surface area contributed by atoms with E-state index in [0.29, 0.717) is 23.6 Å². The predicted octanol–water partition coefficient (Wildman–Crippen LogP) is 3.20. The summed E-state index contributed by atoms with van der Waals surface area (Å²) in [4.78, 5) is 12.2. The van der Waals surface area contributed by atoms with E-state index < -0.39 is 0 Å². The number of hydrogen-bond acceptors (Lipinski definition) is 4. The first kappa shape index (κ1) is 15.4. The molecule has 1 aliphatic rings. The molecule has 2 aromatic carbocycles. The Balaban J connectivity index is 1.57. The van der Waals surface area contributed by atoms with E-state index in [1.165, 1.54) is 6.07 Å². The van der Waals surface area contributed by atoms with E-state index in [1.807, 2.05) is 0 Å². The third kappa shape index (κ3) is 4.02. The average Bonchev–Trinajstić information content (AvgIpc) is 3.09. The minimum Gasteiger partial charge on any atom is -0.506 e. The highest BCUT2D eigenvalue weighted by Gasteiger charge is 2.16. The molecule has 0 radical (unpaired) electrons. The van der Waals surface area contributed by atoms with Crippen molar-refractivity contribution in [3.8, 4) is 11.5 Å². The average molecular weight is 313 g/mol. The molecule has 5 nitrogen and oxygen atoms in total. The second-order valence-corrected chi connectivity index (χ2v) is 5.44. The van der Waals surface area contributed by atoms with Gasteiger partial charge in [-0.25, -0.2) is 0 Å². The summed E-state index contributed by atoms with van der Waals surface area (Å²) in [5.74, 6) is 0.467. The summed E-state index contributed by atoms with van der Waals surface area (Å²) in [6.07, 6.45) is 2.28. The standard InChI is InChI=1S/C18H19NO4/c20-17-6-2-1-5-16(17)19-18(21)13-7-9-14(10-8-13)23-12-15-4-3-11-22-15/h1-2,5-10,15,20H,3-4,11-12H2,(H,19,21)/t15-/m0/s1. The van der Waals surface area contributed by atoms with E-state index in [4.69, 9.17) is 9.47 Å². The van der Waals surface area contributed by atoms with Crippen molar-refractivity contribution in [3.63, 3.8) is 0 Å². The van der Waals surface area contributed by atoms with Crippen LogP contribution in [-0.2, 0) is 4.74 Å². The Morgan fingerprint density at radius 2 is 2.00 bits per heavy atom. The maximum Gasteiger partial charge on any atom is 0.255 e. The zero-order valence-electron chi connectivity index (χ0n) is 12.7. The summed E-state index contributed by atoms with van der Waals surface area (Å²) in [6, 6.07) is 13.5. The van der Waals surface area contributed by atoms with Gasteiger partial charge in [0.15, 0.2) is 0 Å². The number of amides is 1. The van der Waals surface area contributed by atoms with Crippen molar-refractivity contribution in [1.29, 1.82) is 0 Å². The maximum atomic E-state index is 12.2. The largest absolute Gasteiger partial charge is 0.506 e. The number of ether oxygens (including phenoxy) is 2. The topological polar surface area (TPSA) is 67.8 Å². The summed E-state index contributed by atoms with van der Waals surface area (Å²) in [5.41, 5.74) is 0.883. The fourth-order valence-electron chi connectivity index (χ4n) is 2.44. The highest BCUT2D eigenvalue weighted by Crippen LogP contribution is 2.23. The quantitative estimate of drug-likeness (QED) is 0.832. The molecule has 0 aliphatic carbocycles. The van der Waals surface area contributed by atoms with Crippen LogP contribution in [0, 0.1) is 0 Å². The van der Waals surface area contributed by atoms with E-state index in [0.717, 1.165) is 19.4 Å². The molecule has 120 valence electrons. The van der Waals surface area contributed by atoms with Gasteiger partial charge in [-0.15, -0.1) is 0 Å². The van der Waals surface area contributed by atoms with Crippen LogP contribution >= 0.6 is 0 Å². The van der Waals surface area contributed by atoms with E-state index in [2.05, 4.69) is 5.32 Å². The van der Waals surface area contributed by atoms with Crippen LogP contribution in [0.4, 0.5) is 5.69 Å². The van der Waals surface area contributed by atoms with Crippen LogP contribution in [0.3, 0.4) is 0 Å². The molecule has 0 bridgehead atoms. The maximum absolute atomic E-state index is 12.2. The fourth-order valence-corrected chi connectivity index (χ4v) is 2.44. The Morgan fingerprint density at radius 3 is 2.70 bits per heavy atom. The molecule has 1 amide bonds. The van der Waals surface area contributed by atoms with Crippen molar-refractivity contribution in [2.75, 3.05) is 18.5 Å². The van der Waals surface area contributed by atoms with Crippen LogP contribution in [0.5, 0.6) is 11.5 Å². The lowest BCUT2D eigenvalue weighted by molar-refractivity contribution is 0.0679. The second-order valence-electron chi connectivity index (χ2n) is 5.44. The molecule has 23 heavy (non-hydrogen) atoms. The van der Waals surface area contributed by atoms with Gasteiger partial charge in [-0.05, 0) is 49.2 Å². The fraction of sp³-hybridized carbons (Fsp3) is 0.278. The second kappa shape index (κ2) is 7.15. The SMILES string of the molecule is O=C(Nc1ccccc1O)c1ccc(OC[C@@H]2CCCO2)cc1. The summed E-state index contributed by atoms with van der Waals surface area (Å²) in [6.45, 7) is 1.34. The molecule has 1 fully saturated rings. The molecule has 1 aliphatic heterocycles. The predicted molar refractivity (Wildman–Crippen MR) is 87.0 cm³/mol. The lowest BCUT2D eigenvalue weighted by Gasteiger charge is -2.12. The lowest BCUT2D eigenvalue weighted by Crippen LogP contribution is -2.16. The molecule has 1 heterocycles. The van der Waals surface area contributed by atoms with E-state index >= 15 is 0 Å². The van der Waals surface area contributed by atoms with Crippen molar-refractivity contribution in [2.45, 2.75) is 18.9 Å². The zero-order valence-corrected chi connectivity index (χ0v) is 12.7. The van der Waals surface area contributed by atoms with Gasteiger partial charge in [0.2, 0.25) is 0 Å². The van der Waals surface area contributed by atoms with Crippen LogP contribution in [-0.4, -0.2) is 30.3 Å². The van der Waals surface area contributed by atoms with Crippen molar-refractivity contribution >= 4 is 11.6 Å². The smallest absolute Gasteiger partial charge is 0.255 e. The van der Waals surface area contributed by atoms with Gasteiger partial charge < -0.3 is 19.9 Å². The number of rotatable bonds is 5. The first-order valence-corrected chi connectivity index (χ1v) is 7.66. The number of carbonyl (C=O) groups is 1. The normalized spacial score (nSPS) is 17.0. The molecule has 1 saturated heterocycles. The van der Waals surface area contributed by atoms with E-state index in [9.17, 15) is 9.90 Å². The number of para-hydroxylation sites is 2. The highest BCUT2D eigenvalue weighted by molar-refractivity contribution is 6.05. The molecule has 0 aromatic heterocycles. The Kier molecular flexibility index (Phi) is 4.78. The minimum atomic E-state index is -0.280. The van der Waals surface area contributed by atoms with Gasteiger partial charge in [-0.2, -0.15) is 0 Å². The van der Waals surface area contributed by atoms with E-state index in [1.54, 1.807) is 42.5 Å². The van der Waals surface area contributed by atoms with Gasteiger partial charge in [0.25, 0.3) is 5.91 Å². The minimum absolute atomic E-state index is 0.0392. The molecule has 0 saturated carbocycles. The van der Waals surface area contributed by atoms with Gasteiger partial charge in [-0.3, -0.25) is 4.79 Å². The Morgan fingerprint density at radius 1 is 1.22 bits per heavy atom. The number of carbonyl (C=O) groups excluding carboxylic acids is 1. The number of phenols is 1. The van der Waals surface area contributed by atoms with Crippen LogP contribution in [0.1, 0.15) is 23.2 Å². The summed E-state index contributed by atoms with van der Waals surface area (Å²) in [7, 11) is 0. The van der Waals surface area contributed by atoms with Crippen molar-refractivity contribution in [3.05, 3.63) is 54.1 Å². The molecule has 5 heteroatoms. The third-order valence-electron chi connectivity index (χ3n) is 3.73. The third-order valence-corrected chi connectivity index (χ3v) is 3.73. The zero-order chi connectivity index (χ0) is 16.1. The summed E-state index contributed by atoms with van der Waals surface area (Å²) < 4.78 is 11.2. The summed E-state index contributed by atoms with van der Waals surface area (Å²) in [5, 5.41) is 12.4. The van der Waals surface area contributed by atoms with Gasteiger partial charge in [0, 0.05) is 12.2 Å². The number of hydrogen-bond donors (Lipinski definition) is 2. The van der Waals surface area contributed by atoms with Crippen molar-refractivity contribution in [1.82, 2.24) is 0 Å². The molecule has 1 atom stereocenters. The Hall–Kier alpha value is -2.53. The van der Waals surface area contributed by atoms with Crippen LogP contribution < -0.4 is 10.1 Å².